The fourth-order valence-corrected chi connectivity index (χ4v) is 4.61. The molecule has 2 aliphatic rings. The normalized spacial score (nSPS) is 21.4. The highest BCUT2D eigenvalue weighted by Crippen LogP contribution is 2.48. The van der Waals surface area contributed by atoms with E-state index in [1.165, 1.54) is 17.3 Å². The Balaban J connectivity index is 1.23. The molecule has 2 atom stereocenters. The van der Waals surface area contributed by atoms with E-state index in [4.69, 9.17) is 0 Å². The Labute approximate surface area is 169 Å². The lowest BCUT2D eigenvalue weighted by molar-refractivity contribution is -0.139. The van der Waals surface area contributed by atoms with Crippen LogP contribution in [0.4, 0.5) is 0 Å². The molecule has 2 fully saturated rings. The highest BCUT2D eigenvalue weighted by molar-refractivity contribution is 8.00. The minimum Gasteiger partial charge on any atom is -0.508 e. The van der Waals surface area contributed by atoms with Crippen LogP contribution in [0, 0.1) is 5.92 Å². The average Bonchev–Trinajstić information content (AvgIpc) is 3.53. The van der Waals surface area contributed by atoms with Crippen molar-refractivity contribution in [2.75, 3.05) is 31.9 Å². The summed E-state index contributed by atoms with van der Waals surface area (Å²) < 4.78 is 0. The Kier molecular flexibility index (Phi) is 5.57. The zero-order chi connectivity index (χ0) is 19.5. The molecule has 2 aromatic carbocycles. The third-order valence-corrected chi connectivity index (χ3v) is 6.44. The molecule has 2 aromatic rings. The van der Waals surface area contributed by atoms with E-state index in [9.17, 15) is 14.7 Å². The number of rotatable bonds is 5. The summed E-state index contributed by atoms with van der Waals surface area (Å²) in [4.78, 5) is 29.8. The van der Waals surface area contributed by atoms with Crippen LogP contribution in [0.2, 0.25) is 0 Å². The Morgan fingerprint density at radius 3 is 2.39 bits per heavy atom. The maximum absolute atomic E-state index is 12.8. The number of phenols is 1. The number of carbonyl (C=O) groups is 2. The van der Waals surface area contributed by atoms with Gasteiger partial charge in [0, 0.05) is 37.0 Å². The smallest absolute Gasteiger partial charge is 0.233 e. The molecule has 146 valence electrons. The summed E-state index contributed by atoms with van der Waals surface area (Å²) in [5, 5.41) is 9.50. The minimum atomic E-state index is 0.0778. The molecule has 0 bridgehead atoms. The van der Waals surface area contributed by atoms with Crippen LogP contribution >= 0.6 is 11.8 Å². The molecule has 0 unspecified atom stereocenters. The fraction of sp³-hybridized carbons (Fsp3) is 0.364. The Morgan fingerprint density at radius 1 is 0.964 bits per heavy atom. The van der Waals surface area contributed by atoms with Gasteiger partial charge in [0.05, 0.1) is 5.75 Å². The molecule has 1 heterocycles. The summed E-state index contributed by atoms with van der Waals surface area (Å²) in [5.41, 5.74) is 1.25. The summed E-state index contributed by atoms with van der Waals surface area (Å²) in [5.74, 6) is 1.32. The van der Waals surface area contributed by atoms with Crippen LogP contribution in [0.15, 0.2) is 59.5 Å². The lowest BCUT2D eigenvalue weighted by atomic mass is 10.1. The number of piperazine rings is 1. The predicted octanol–water partition coefficient (Wildman–Crippen LogP) is 2.96. The van der Waals surface area contributed by atoms with Crippen molar-refractivity contribution >= 4 is 23.6 Å². The minimum absolute atomic E-state index is 0.0778. The van der Waals surface area contributed by atoms with Gasteiger partial charge in [-0.25, -0.2) is 0 Å². The number of hydrogen-bond acceptors (Lipinski definition) is 4. The van der Waals surface area contributed by atoms with Crippen LogP contribution in [0.25, 0.3) is 0 Å². The van der Waals surface area contributed by atoms with Gasteiger partial charge in [0.15, 0.2) is 0 Å². The molecule has 2 amide bonds. The zero-order valence-electron chi connectivity index (χ0n) is 15.7. The van der Waals surface area contributed by atoms with E-state index >= 15 is 0 Å². The summed E-state index contributed by atoms with van der Waals surface area (Å²) >= 11 is 1.42. The summed E-state index contributed by atoms with van der Waals surface area (Å²) in [6.07, 6.45) is 0.933. The maximum Gasteiger partial charge on any atom is 0.233 e. The molecular weight excluding hydrogens is 372 g/mol. The van der Waals surface area contributed by atoms with Crippen molar-refractivity contribution in [2.45, 2.75) is 17.2 Å². The van der Waals surface area contributed by atoms with Gasteiger partial charge < -0.3 is 14.9 Å². The predicted molar refractivity (Wildman–Crippen MR) is 109 cm³/mol. The molecular formula is C22H24N2O3S. The van der Waals surface area contributed by atoms with Gasteiger partial charge in [0.25, 0.3) is 0 Å². The monoisotopic (exact) mass is 396 g/mol. The standard InChI is InChI=1S/C22H24N2O3S/c25-17-7-4-8-18(13-17)28-15-21(26)23-9-11-24(12-10-23)22(27)20-14-19(20)16-5-2-1-3-6-16/h1-8,13,19-20,25H,9-12,14-15H2/t19-,20+/m0/s1. The summed E-state index contributed by atoms with van der Waals surface area (Å²) in [7, 11) is 0. The first-order valence-corrected chi connectivity index (χ1v) is 10.6. The molecule has 0 radical (unpaired) electrons. The van der Waals surface area contributed by atoms with Gasteiger partial charge in [0.2, 0.25) is 11.8 Å². The zero-order valence-corrected chi connectivity index (χ0v) is 16.5. The quantitative estimate of drug-likeness (QED) is 0.790. The first kappa shape index (κ1) is 18.9. The number of benzene rings is 2. The lowest BCUT2D eigenvalue weighted by Gasteiger charge is -2.35. The molecule has 5 nitrogen and oxygen atoms in total. The van der Waals surface area contributed by atoms with Crippen molar-refractivity contribution in [2.24, 2.45) is 5.92 Å². The molecule has 1 aliphatic heterocycles. The Morgan fingerprint density at radius 2 is 1.68 bits per heavy atom. The third kappa shape index (κ3) is 4.33. The number of phenolic OH excluding ortho intramolecular Hbond substituents is 1. The lowest BCUT2D eigenvalue weighted by Crippen LogP contribution is -2.51. The van der Waals surface area contributed by atoms with Crippen LogP contribution < -0.4 is 0 Å². The second-order valence-corrected chi connectivity index (χ2v) is 8.40. The van der Waals surface area contributed by atoms with E-state index in [2.05, 4.69) is 12.1 Å². The molecule has 0 aromatic heterocycles. The van der Waals surface area contributed by atoms with Crippen LogP contribution in [-0.4, -0.2) is 58.7 Å². The number of amides is 2. The van der Waals surface area contributed by atoms with Crippen LogP contribution in [0.5, 0.6) is 5.75 Å². The third-order valence-electron chi connectivity index (χ3n) is 5.46. The van der Waals surface area contributed by atoms with E-state index in [1.807, 2.05) is 34.1 Å². The second-order valence-electron chi connectivity index (χ2n) is 7.35. The molecule has 0 spiro atoms. The largest absolute Gasteiger partial charge is 0.508 e. The van der Waals surface area contributed by atoms with Crippen LogP contribution in [0.1, 0.15) is 17.9 Å². The van der Waals surface area contributed by atoms with Gasteiger partial charge >= 0.3 is 0 Å². The SMILES string of the molecule is O=C(CSc1cccc(O)c1)N1CCN(C(=O)[C@@H]2C[C@H]2c2ccccc2)CC1. The molecule has 6 heteroatoms. The van der Waals surface area contributed by atoms with Gasteiger partial charge in [-0.1, -0.05) is 36.4 Å². The topological polar surface area (TPSA) is 60.9 Å². The van der Waals surface area contributed by atoms with Gasteiger partial charge in [0.1, 0.15) is 5.75 Å². The van der Waals surface area contributed by atoms with E-state index in [-0.39, 0.29) is 23.5 Å². The van der Waals surface area contributed by atoms with Crippen LogP contribution in [-0.2, 0) is 9.59 Å². The Hall–Kier alpha value is -2.47. The van der Waals surface area contributed by atoms with Crippen molar-refractivity contribution < 1.29 is 14.7 Å². The number of carbonyl (C=O) groups excluding carboxylic acids is 2. The Bertz CT molecular complexity index is 850. The summed E-state index contributed by atoms with van der Waals surface area (Å²) in [6.45, 7) is 2.40. The van der Waals surface area contributed by atoms with E-state index in [0.717, 1.165) is 11.3 Å². The van der Waals surface area contributed by atoms with E-state index in [1.54, 1.807) is 18.2 Å². The highest BCUT2D eigenvalue weighted by atomic mass is 32.2. The number of thioether (sulfide) groups is 1. The van der Waals surface area contributed by atoms with Crippen molar-refractivity contribution in [3.05, 3.63) is 60.2 Å². The van der Waals surface area contributed by atoms with Crippen molar-refractivity contribution in [3.8, 4) is 5.75 Å². The van der Waals surface area contributed by atoms with E-state index < -0.39 is 0 Å². The molecule has 1 aliphatic carbocycles. The maximum atomic E-state index is 12.8. The molecule has 4 rings (SSSR count). The van der Waals surface area contributed by atoms with Gasteiger partial charge in [-0.2, -0.15) is 0 Å². The van der Waals surface area contributed by atoms with Gasteiger partial charge in [-0.05, 0) is 36.1 Å². The van der Waals surface area contributed by atoms with Gasteiger partial charge in [-0.3, -0.25) is 9.59 Å². The summed E-state index contributed by atoms with van der Waals surface area (Å²) in [6, 6.07) is 17.2. The van der Waals surface area contributed by atoms with E-state index in [0.29, 0.717) is 37.8 Å². The average molecular weight is 397 g/mol. The first-order chi connectivity index (χ1) is 13.6. The molecule has 1 saturated carbocycles. The van der Waals surface area contributed by atoms with Crippen molar-refractivity contribution in [3.63, 3.8) is 0 Å². The van der Waals surface area contributed by atoms with Gasteiger partial charge in [-0.15, -0.1) is 11.8 Å². The molecule has 1 saturated heterocycles. The molecule has 28 heavy (non-hydrogen) atoms. The van der Waals surface area contributed by atoms with Crippen molar-refractivity contribution in [1.29, 1.82) is 0 Å². The van der Waals surface area contributed by atoms with Crippen molar-refractivity contribution in [1.82, 2.24) is 9.80 Å². The molecule has 1 N–H and O–H groups in total. The highest BCUT2D eigenvalue weighted by Gasteiger charge is 2.46. The number of hydrogen-bond donors (Lipinski definition) is 1. The second kappa shape index (κ2) is 8.27. The van der Waals surface area contributed by atoms with Crippen LogP contribution in [0.3, 0.4) is 0 Å². The fourth-order valence-electron chi connectivity index (χ4n) is 3.76. The number of nitrogens with zero attached hydrogens (tertiary/aromatic N) is 2. The first-order valence-electron chi connectivity index (χ1n) is 9.65. The number of aromatic hydroxyl groups is 1.